The van der Waals surface area contributed by atoms with Crippen LogP contribution in [0.25, 0.3) is 0 Å². The molecule has 5 nitrogen and oxygen atoms in total. The quantitative estimate of drug-likeness (QED) is 0.607. The maximum Gasteiger partial charge on any atom is 0.176 e. The topological polar surface area (TPSA) is 46.8 Å². The molecule has 0 aliphatic carbocycles. The highest BCUT2D eigenvalue weighted by molar-refractivity contribution is 7.10. The van der Waals surface area contributed by atoms with Crippen LogP contribution in [0.15, 0.2) is 36.8 Å². The minimum Gasteiger partial charge on any atom is -0.320 e. The summed E-state index contributed by atoms with van der Waals surface area (Å²) in [6.45, 7) is 8.42. The van der Waals surface area contributed by atoms with Crippen molar-refractivity contribution in [3.05, 3.63) is 63.9 Å². The number of rotatable bonds is 6. The Morgan fingerprint density at radius 1 is 1.24 bits per heavy atom. The molecule has 1 saturated heterocycles. The van der Waals surface area contributed by atoms with Gasteiger partial charge in [0.15, 0.2) is 5.13 Å². The molecule has 1 fully saturated rings. The molecule has 0 bridgehead atoms. The second kappa shape index (κ2) is 7.61. The second-order valence-electron chi connectivity index (χ2n) is 8.67. The van der Waals surface area contributed by atoms with Crippen molar-refractivity contribution >= 4 is 11.3 Å². The van der Waals surface area contributed by atoms with Crippen molar-refractivity contribution in [1.29, 1.82) is 0 Å². The summed E-state index contributed by atoms with van der Waals surface area (Å²) in [7, 11) is 2.01. The molecule has 0 spiro atoms. The summed E-state index contributed by atoms with van der Waals surface area (Å²) in [5, 5.41) is 8.53. The third kappa shape index (κ3) is 3.85. The molecule has 1 aliphatic rings. The van der Waals surface area contributed by atoms with Gasteiger partial charge >= 0.3 is 0 Å². The van der Waals surface area contributed by atoms with Gasteiger partial charge in [0.1, 0.15) is 12.2 Å². The normalized spacial score (nSPS) is 20.4. The molecule has 0 radical (unpaired) electrons. The summed E-state index contributed by atoms with van der Waals surface area (Å²) in [6, 6.07) is 7.72. The van der Waals surface area contributed by atoms with E-state index >= 15 is 0 Å². The fourth-order valence-corrected chi connectivity index (χ4v) is 5.20. The van der Waals surface area contributed by atoms with Crippen LogP contribution >= 0.6 is 11.3 Å². The number of aryl methyl sites for hydroxylation is 3. The van der Waals surface area contributed by atoms with E-state index in [2.05, 4.69) is 46.1 Å². The Morgan fingerprint density at radius 2 is 2.07 bits per heavy atom. The standard InChI is InChI=1S/C22H28FN5S/c1-16-5-6-17(13-24-16)21(2,3)28-12-11-22(14-28,20-26-25-15-27(20)4)10-9-18-7-8-19(23)29-18/h5-8,13,15H,9-12,14H2,1-4H3/t22-/m1/s1. The van der Waals surface area contributed by atoms with Gasteiger partial charge in [-0.2, -0.15) is 4.39 Å². The molecule has 1 aliphatic heterocycles. The average molecular weight is 414 g/mol. The van der Waals surface area contributed by atoms with Crippen molar-refractivity contribution in [2.75, 3.05) is 13.1 Å². The Kier molecular flexibility index (Phi) is 5.29. The van der Waals surface area contributed by atoms with E-state index in [4.69, 9.17) is 0 Å². The van der Waals surface area contributed by atoms with Crippen LogP contribution in [0.2, 0.25) is 0 Å². The number of likely N-dealkylation sites (tertiary alicyclic amines) is 1. The zero-order valence-corrected chi connectivity index (χ0v) is 18.3. The molecule has 29 heavy (non-hydrogen) atoms. The molecule has 0 amide bonds. The molecule has 4 heterocycles. The third-order valence-electron chi connectivity index (χ3n) is 6.43. The van der Waals surface area contributed by atoms with Gasteiger partial charge in [0.25, 0.3) is 0 Å². The molecule has 4 rings (SSSR count). The van der Waals surface area contributed by atoms with E-state index in [9.17, 15) is 4.39 Å². The van der Waals surface area contributed by atoms with Crippen LogP contribution in [0.3, 0.4) is 0 Å². The lowest BCUT2D eigenvalue weighted by atomic mass is 9.80. The Morgan fingerprint density at radius 3 is 2.69 bits per heavy atom. The first-order valence-corrected chi connectivity index (χ1v) is 10.9. The highest BCUT2D eigenvalue weighted by atomic mass is 32.1. The van der Waals surface area contributed by atoms with E-state index < -0.39 is 0 Å². The number of hydrogen-bond donors (Lipinski definition) is 0. The molecular formula is C22H28FN5S. The molecule has 0 N–H and O–H groups in total. The molecule has 1 atom stereocenters. The number of hydrogen-bond acceptors (Lipinski definition) is 5. The van der Waals surface area contributed by atoms with Crippen LogP contribution in [-0.2, 0) is 24.4 Å². The summed E-state index contributed by atoms with van der Waals surface area (Å²) in [4.78, 5) is 8.13. The third-order valence-corrected chi connectivity index (χ3v) is 7.36. The molecule has 3 aromatic heterocycles. The van der Waals surface area contributed by atoms with Gasteiger partial charge in [0, 0.05) is 47.9 Å². The van der Waals surface area contributed by atoms with Crippen molar-refractivity contribution in [3.8, 4) is 0 Å². The van der Waals surface area contributed by atoms with Crippen molar-refractivity contribution in [1.82, 2.24) is 24.6 Å². The lowest BCUT2D eigenvalue weighted by molar-refractivity contribution is 0.141. The van der Waals surface area contributed by atoms with Crippen molar-refractivity contribution in [2.45, 2.75) is 51.0 Å². The maximum atomic E-state index is 13.5. The van der Waals surface area contributed by atoms with Crippen LogP contribution < -0.4 is 0 Å². The summed E-state index contributed by atoms with van der Waals surface area (Å²) in [6.07, 6.45) is 6.56. The van der Waals surface area contributed by atoms with E-state index in [1.54, 1.807) is 12.4 Å². The SMILES string of the molecule is Cc1ccc(C(C)(C)N2CC[C@@](CCc3ccc(F)s3)(c3nncn3C)C2)cn1. The van der Waals surface area contributed by atoms with Gasteiger partial charge in [-0.25, -0.2) is 0 Å². The fraction of sp³-hybridized carbons (Fsp3) is 0.500. The van der Waals surface area contributed by atoms with Crippen LogP contribution in [-0.4, -0.2) is 37.7 Å². The summed E-state index contributed by atoms with van der Waals surface area (Å²) in [5.41, 5.74) is 2.02. The van der Waals surface area contributed by atoms with Crippen LogP contribution in [0, 0.1) is 12.1 Å². The summed E-state index contributed by atoms with van der Waals surface area (Å²) >= 11 is 1.24. The highest BCUT2D eigenvalue weighted by Gasteiger charge is 2.46. The zero-order chi connectivity index (χ0) is 20.6. The zero-order valence-electron chi connectivity index (χ0n) is 17.5. The van der Waals surface area contributed by atoms with Crippen molar-refractivity contribution < 1.29 is 4.39 Å². The molecule has 0 aromatic carbocycles. The summed E-state index contributed by atoms with van der Waals surface area (Å²) in [5.74, 6) is 1.02. The maximum absolute atomic E-state index is 13.5. The van der Waals surface area contributed by atoms with Crippen LogP contribution in [0.4, 0.5) is 4.39 Å². The Balaban J connectivity index is 1.61. The van der Waals surface area contributed by atoms with Crippen LogP contribution in [0.1, 0.15) is 48.6 Å². The van der Waals surface area contributed by atoms with Gasteiger partial charge in [0.05, 0.1) is 0 Å². The molecule has 7 heteroatoms. The first-order chi connectivity index (χ1) is 13.8. The number of pyridine rings is 1. The molecule has 0 unspecified atom stereocenters. The predicted octanol–water partition coefficient (Wildman–Crippen LogP) is 4.23. The highest BCUT2D eigenvalue weighted by Crippen LogP contribution is 2.43. The van der Waals surface area contributed by atoms with Crippen molar-refractivity contribution in [2.24, 2.45) is 7.05 Å². The Labute approximate surface area is 175 Å². The van der Waals surface area contributed by atoms with Gasteiger partial charge < -0.3 is 4.57 Å². The fourth-order valence-electron chi connectivity index (χ4n) is 4.47. The first kappa shape index (κ1) is 20.2. The lowest BCUT2D eigenvalue weighted by Gasteiger charge is -2.38. The predicted molar refractivity (Wildman–Crippen MR) is 113 cm³/mol. The minimum atomic E-state index is -0.129. The number of thiophene rings is 1. The van der Waals surface area contributed by atoms with Gasteiger partial charge in [-0.3, -0.25) is 9.88 Å². The van der Waals surface area contributed by atoms with Gasteiger partial charge in [0.2, 0.25) is 0 Å². The van der Waals surface area contributed by atoms with E-state index in [1.165, 1.54) is 16.9 Å². The van der Waals surface area contributed by atoms with Gasteiger partial charge in [-0.1, -0.05) is 6.07 Å². The van der Waals surface area contributed by atoms with E-state index in [0.717, 1.165) is 48.7 Å². The van der Waals surface area contributed by atoms with E-state index in [-0.39, 0.29) is 16.1 Å². The molecule has 154 valence electrons. The number of nitrogens with zero attached hydrogens (tertiary/aromatic N) is 5. The van der Waals surface area contributed by atoms with Gasteiger partial charge in [-0.15, -0.1) is 21.5 Å². The molecular weight excluding hydrogens is 385 g/mol. The molecule has 3 aromatic rings. The Bertz CT molecular complexity index is 977. The Hall–Kier alpha value is -2.12. The van der Waals surface area contributed by atoms with Gasteiger partial charge in [-0.05, 0) is 63.8 Å². The lowest BCUT2D eigenvalue weighted by Crippen LogP contribution is -2.43. The van der Waals surface area contributed by atoms with E-state index in [1.807, 2.05) is 30.8 Å². The van der Waals surface area contributed by atoms with E-state index in [0.29, 0.717) is 0 Å². The number of aromatic nitrogens is 4. The molecule has 0 saturated carbocycles. The number of halogens is 1. The second-order valence-corrected chi connectivity index (χ2v) is 9.79. The average Bonchev–Trinajstić information content (AvgIpc) is 3.41. The first-order valence-electron chi connectivity index (χ1n) is 10.1. The summed E-state index contributed by atoms with van der Waals surface area (Å²) < 4.78 is 15.5. The minimum absolute atomic E-state index is 0.0961. The largest absolute Gasteiger partial charge is 0.320 e. The monoisotopic (exact) mass is 413 g/mol. The van der Waals surface area contributed by atoms with Crippen LogP contribution in [0.5, 0.6) is 0 Å². The smallest absolute Gasteiger partial charge is 0.176 e. The van der Waals surface area contributed by atoms with Crippen molar-refractivity contribution in [3.63, 3.8) is 0 Å².